The number of aromatic amines is 3. The maximum absolute atomic E-state index is 12.0. The summed E-state index contributed by atoms with van der Waals surface area (Å²) in [6.45, 7) is 4.08. The fourth-order valence-corrected chi connectivity index (χ4v) is 2.16. The second-order valence-corrected chi connectivity index (χ2v) is 4.99. The summed E-state index contributed by atoms with van der Waals surface area (Å²) in [5.74, 6) is 1.10. The van der Waals surface area contributed by atoms with E-state index in [1.807, 2.05) is 50.2 Å². The highest BCUT2D eigenvalue weighted by atomic mass is 16.1. The van der Waals surface area contributed by atoms with E-state index in [-0.39, 0.29) is 11.5 Å². The van der Waals surface area contributed by atoms with Crippen LogP contribution in [0.25, 0.3) is 22.3 Å². The van der Waals surface area contributed by atoms with Crippen LogP contribution in [0.15, 0.2) is 41.2 Å². The highest BCUT2D eigenvalue weighted by Crippen LogP contribution is 2.20. The first-order chi connectivity index (χ1) is 9.15. The third-order valence-electron chi connectivity index (χ3n) is 3.22. The molecule has 4 heteroatoms. The molecular formula is C15H16N3O+. The summed E-state index contributed by atoms with van der Waals surface area (Å²) in [6.07, 6.45) is 0. The van der Waals surface area contributed by atoms with Crippen LogP contribution in [0.2, 0.25) is 0 Å². The van der Waals surface area contributed by atoms with Crippen LogP contribution in [0.1, 0.15) is 25.6 Å². The standard InChI is InChI=1S/C15H15N3O/c1-9(2)14-17-12-8-11(10-6-4-3-5-7-10)16-13(12)15(19)18-14/h3-9,16H,1-2H3,(H,17,18,19)/p+1. The summed E-state index contributed by atoms with van der Waals surface area (Å²) >= 11 is 0. The van der Waals surface area contributed by atoms with Crippen molar-refractivity contribution in [1.82, 2.24) is 9.97 Å². The van der Waals surface area contributed by atoms with Gasteiger partial charge in [-0.25, -0.2) is 14.8 Å². The third-order valence-corrected chi connectivity index (χ3v) is 3.22. The molecule has 0 aliphatic rings. The molecule has 0 radical (unpaired) electrons. The number of hydrogen-bond donors (Lipinski definition) is 2. The molecule has 4 nitrogen and oxygen atoms in total. The van der Waals surface area contributed by atoms with Crippen LogP contribution < -0.4 is 10.5 Å². The lowest BCUT2D eigenvalue weighted by Gasteiger charge is -1.96. The van der Waals surface area contributed by atoms with E-state index in [1.165, 1.54) is 0 Å². The Hall–Kier alpha value is -2.36. The van der Waals surface area contributed by atoms with Crippen molar-refractivity contribution >= 4 is 11.0 Å². The molecule has 3 rings (SSSR count). The highest BCUT2D eigenvalue weighted by molar-refractivity contribution is 5.79. The summed E-state index contributed by atoms with van der Waals surface area (Å²) in [7, 11) is 0. The number of rotatable bonds is 2. The van der Waals surface area contributed by atoms with Gasteiger partial charge in [-0.2, -0.15) is 0 Å². The molecule has 3 aromatic rings. The Morgan fingerprint density at radius 3 is 2.53 bits per heavy atom. The monoisotopic (exact) mass is 254 g/mol. The van der Waals surface area contributed by atoms with Gasteiger partial charge in [0.15, 0.2) is 11.0 Å². The molecule has 96 valence electrons. The zero-order chi connectivity index (χ0) is 13.4. The average Bonchev–Trinajstić information content (AvgIpc) is 2.84. The van der Waals surface area contributed by atoms with Crippen molar-refractivity contribution in [1.29, 1.82) is 0 Å². The quantitative estimate of drug-likeness (QED) is 0.725. The van der Waals surface area contributed by atoms with Gasteiger partial charge in [-0.05, 0) is 5.56 Å². The number of benzene rings is 1. The van der Waals surface area contributed by atoms with Crippen LogP contribution in [0, 0.1) is 0 Å². The Morgan fingerprint density at radius 2 is 1.84 bits per heavy atom. The average molecular weight is 254 g/mol. The molecule has 2 heterocycles. The molecule has 0 bridgehead atoms. The van der Waals surface area contributed by atoms with E-state index in [2.05, 4.69) is 15.0 Å². The van der Waals surface area contributed by atoms with Gasteiger partial charge < -0.3 is 4.98 Å². The van der Waals surface area contributed by atoms with E-state index < -0.39 is 0 Å². The van der Waals surface area contributed by atoms with Crippen molar-refractivity contribution < 1.29 is 4.98 Å². The zero-order valence-corrected chi connectivity index (χ0v) is 10.9. The van der Waals surface area contributed by atoms with Crippen LogP contribution >= 0.6 is 0 Å². The molecule has 0 aliphatic carbocycles. The van der Waals surface area contributed by atoms with Gasteiger partial charge in [-0.1, -0.05) is 44.2 Å². The van der Waals surface area contributed by atoms with Crippen molar-refractivity contribution in [2.24, 2.45) is 0 Å². The van der Waals surface area contributed by atoms with Gasteiger partial charge in [-0.15, -0.1) is 0 Å². The molecule has 19 heavy (non-hydrogen) atoms. The van der Waals surface area contributed by atoms with Crippen LogP contribution in [0.4, 0.5) is 0 Å². The number of nitrogens with one attached hydrogen (secondary N) is 3. The van der Waals surface area contributed by atoms with E-state index in [0.717, 1.165) is 22.6 Å². The van der Waals surface area contributed by atoms with Gasteiger partial charge in [0.25, 0.3) is 5.82 Å². The molecule has 2 aromatic heterocycles. The number of H-pyrrole nitrogens is 3. The lowest BCUT2D eigenvalue weighted by atomic mass is 10.1. The largest absolute Gasteiger partial charge is 0.359 e. The SMILES string of the molecule is CC(C)c1[nH]c(=O)c2[nH]c(-c3ccccc3)cc2[nH+]1. The lowest BCUT2D eigenvalue weighted by Crippen LogP contribution is -2.23. The Kier molecular flexibility index (Phi) is 2.71. The van der Waals surface area contributed by atoms with E-state index in [9.17, 15) is 4.79 Å². The van der Waals surface area contributed by atoms with Crippen LogP contribution in [-0.2, 0) is 0 Å². The maximum atomic E-state index is 12.0. The zero-order valence-electron chi connectivity index (χ0n) is 10.9. The smallest absolute Gasteiger partial charge is 0.345 e. The van der Waals surface area contributed by atoms with Gasteiger partial charge >= 0.3 is 5.56 Å². The van der Waals surface area contributed by atoms with Gasteiger partial charge in [0, 0.05) is 6.07 Å². The number of hydrogen-bond acceptors (Lipinski definition) is 1. The molecule has 0 saturated heterocycles. The molecular weight excluding hydrogens is 238 g/mol. The molecule has 3 N–H and O–H groups in total. The Labute approximate surface area is 110 Å². The summed E-state index contributed by atoms with van der Waals surface area (Å²) < 4.78 is 0. The van der Waals surface area contributed by atoms with Gasteiger partial charge in [0.1, 0.15) is 0 Å². The third kappa shape index (κ3) is 2.05. The summed E-state index contributed by atoms with van der Waals surface area (Å²) in [5.41, 5.74) is 3.35. The molecule has 1 aromatic carbocycles. The minimum absolute atomic E-state index is 0.0837. The summed E-state index contributed by atoms with van der Waals surface area (Å²) in [4.78, 5) is 21.4. The van der Waals surface area contributed by atoms with Crippen LogP contribution in [0.3, 0.4) is 0 Å². The first-order valence-corrected chi connectivity index (χ1v) is 6.39. The predicted molar refractivity (Wildman–Crippen MR) is 75.0 cm³/mol. The van der Waals surface area contributed by atoms with Crippen LogP contribution in [-0.4, -0.2) is 9.97 Å². The van der Waals surface area contributed by atoms with Crippen molar-refractivity contribution in [3.8, 4) is 11.3 Å². The fraction of sp³-hybridized carbons (Fsp3) is 0.200. The van der Waals surface area contributed by atoms with Gasteiger partial charge in [0.05, 0.1) is 11.6 Å². The highest BCUT2D eigenvalue weighted by Gasteiger charge is 2.15. The minimum Gasteiger partial charge on any atom is -0.345 e. The van der Waals surface area contributed by atoms with Crippen molar-refractivity contribution in [3.63, 3.8) is 0 Å². The molecule has 0 saturated carbocycles. The van der Waals surface area contributed by atoms with E-state index >= 15 is 0 Å². The first-order valence-electron chi connectivity index (χ1n) is 6.39. The summed E-state index contributed by atoms with van der Waals surface area (Å²) in [5, 5.41) is 0. The van der Waals surface area contributed by atoms with Crippen molar-refractivity contribution in [3.05, 3.63) is 52.6 Å². The summed E-state index contributed by atoms with van der Waals surface area (Å²) in [6, 6.07) is 11.9. The predicted octanol–water partition coefficient (Wildman–Crippen LogP) is 2.46. The topological polar surface area (TPSA) is 62.8 Å². The maximum Gasteiger partial charge on any atom is 0.359 e. The number of aromatic nitrogens is 3. The normalized spacial score (nSPS) is 11.3. The lowest BCUT2D eigenvalue weighted by molar-refractivity contribution is -0.365. The molecule has 0 spiro atoms. The Bertz CT molecular complexity index is 769. The molecule has 0 atom stereocenters. The second kappa shape index (κ2) is 4.39. The number of fused-ring (bicyclic) bond motifs is 1. The Morgan fingerprint density at radius 1 is 1.11 bits per heavy atom. The first kappa shape index (κ1) is 11.7. The van der Waals surface area contributed by atoms with Crippen molar-refractivity contribution in [2.45, 2.75) is 19.8 Å². The molecule has 0 amide bonds. The van der Waals surface area contributed by atoms with Gasteiger partial charge in [0.2, 0.25) is 0 Å². The Balaban J connectivity index is 2.21. The van der Waals surface area contributed by atoms with Crippen molar-refractivity contribution in [2.75, 3.05) is 0 Å². The second-order valence-electron chi connectivity index (χ2n) is 4.99. The van der Waals surface area contributed by atoms with E-state index in [0.29, 0.717) is 5.52 Å². The van der Waals surface area contributed by atoms with E-state index in [4.69, 9.17) is 0 Å². The molecule has 0 aliphatic heterocycles. The minimum atomic E-state index is -0.0837. The fourth-order valence-electron chi connectivity index (χ4n) is 2.16. The van der Waals surface area contributed by atoms with Crippen LogP contribution in [0.5, 0.6) is 0 Å². The van der Waals surface area contributed by atoms with E-state index in [1.54, 1.807) is 0 Å². The van der Waals surface area contributed by atoms with Gasteiger partial charge in [-0.3, -0.25) is 0 Å². The molecule has 0 fully saturated rings. The molecule has 0 unspecified atom stereocenters.